The average Bonchev–Trinajstić information content (AvgIpc) is 3.28. The van der Waals surface area contributed by atoms with Crippen LogP contribution in [0.15, 0.2) is 33.7 Å². The molecule has 1 aliphatic rings. The number of aryl methyl sites for hydroxylation is 3. The normalized spacial score (nSPS) is 16.4. The third-order valence-electron chi connectivity index (χ3n) is 4.75. The molecular formula is C22H32IN3O3. The van der Waals surface area contributed by atoms with Gasteiger partial charge >= 0.3 is 0 Å². The van der Waals surface area contributed by atoms with Gasteiger partial charge in [0.25, 0.3) is 0 Å². The van der Waals surface area contributed by atoms with Crippen LogP contribution >= 0.6 is 24.0 Å². The fourth-order valence-corrected chi connectivity index (χ4v) is 3.23. The van der Waals surface area contributed by atoms with Crippen LogP contribution in [0.5, 0.6) is 5.75 Å². The van der Waals surface area contributed by atoms with E-state index < -0.39 is 0 Å². The van der Waals surface area contributed by atoms with Crippen LogP contribution in [0.2, 0.25) is 0 Å². The van der Waals surface area contributed by atoms with Crippen molar-refractivity contribution < 1.29 is 13.9 Å². The Labute approximate surface area is 190 Å². The van der Waals surface area contributed by atoms with Gasteiger partial charge in [0.05, 0.1) is 19.8 Å². The molecule has 0 amide bonds. The summed E-state index contributed by atoms with van der Waals surface area (Å²) in [5, 5.41) is 6.72. The minimum absolute atomic E-state index is 0. The highest BCUT2D eigenvalue weighted by molar-refractivity contribution is 14.0. The van der Waals surface area contributed by atoms with E-state index in [9.17, 15) is 0 Å². The van der Waals surface area contributed by atoms with Crippen molar-refractivity contribution in [2.75, 3.05) is 19.8 Å². The van der Waals surface area contributed by atoms with Gasteiger partial charge in [0, 0.05) is 30.6 Å². The van der Waals surface area contributed by atoms with E-state index in [0.29, 0.717) is 19.7 Å². The van der Waals surface area contributed by atoms with Gasteiger partial charge in [0.15, 0.2) is 5.96 Å². The van der Waals surface area contributed by atoms with Gasteiger partial charge in [-0.05, 0) is 45.4 Å². The van der Waals surface area contributed by atoms with E-state index in [0.717, 1.165) is 53.9 Å². The monoisotopic (exact) mass is 513 g/mol. The van der Waals surface area contributed by atoms with Crippen LogP contribution in [0.25, 0.3) is 0 Å². The Morgan fingerprint density at radius 1 is 1.17 bits per heavy atom. The Kier molecular flexibility index (Phi) is 9.29. The second kappa shape index (κ2) is 11.4. The van der Waals surface area contributed by atoms with Crippen LogP contribution in [-0.2, 0) is 17.8 Å². The SMILES string of the molecule is CCNC(=NCc1cc(C)oc1C)NCc1ccc(C)cc1OC1CCOC1.I. The molecule has 2 aromatic rings. The van der Waals surface area contributed by atoms with Crippen molar-refractivity contribution in [1.29, 1.82) is 0 Å². The molecule has 2 heterocycles. The number of nitrogens with zero attached hydrogens (tertiary/aromatic N) is 1. The first kappa shape index (κ1) is 23.5. The number of rotatable bonds is 7. The van der Waals surface area contributed by atoms with Crippen LogP contribution in [0.4, 0.5) is 0 Å². The Bertz CT molecular complexity index is 814. The van der Waals surface area contributed by atoms with Gasteiger partial charge in [-0.25, -0.2) is 4.99 Å². The molecule has 1 fully saturated rings. The van der Waals surface area contributed by atoms with Crippen LogP contribution in [0, 0.1) is 20.8 Å². The molecule has 1 aliphatic heterocycles. The maximum Gasteiger partial charge on any atom is 0.191 e. The molecule has 6 nitrogen and oxygen atoms in total. The predicted molar refractivity (Wildman–Crippen MR) is 126 cm³/mol. The quantitative estimate of drug-likeness (QED) is 0.329. The zero-order valence-electron chi connectivity index (χ0n) is 17.7. The van der Waals surface area contributed by atoms with Crippen LogP contribution in [0.3, 0.4) is 0 Å². The summed E-state index contributed by atoms with van der Waals surface area (Å²) in [6, 6.07) is 8.35. The topological polar surface area (TPSA) is 68.0 Å². The maximum atomic E-state index is 6.19. The molecular weight excluding hydrogens is 481 g/mol. The molecule has 0 aliphatic carbocycles. The van der Waals surface area contributed by atoms with Gasteiger partial charge in [-0.3, -0.25) is 0 Å². The number of hydrogen-bond donors (Lipinski definition) is 2. The first-order valence-electron chi connectivity index (χ1n) is 9.97. The number of ether oxygens (including phenoxy) is 2. The van der Waals surface area contributed by atoms with E-state index in [-0.39, 0.29) is 30.1 Å². The summed E-state index contributed by atoms with van der Waals surface area (Å²) in [5.41, 5.74) is 3.40. The molecule has 3 rings (SSSR count). The summed E-state index contributed by atoms with van der Waals surface area (Å²) in [4.78, 5) is 4.70. The highest BCUT2D eigenvalue weighted by atomic mass is 127. The third kappa shape index (κ3) is 6.92. The second-order valence-corrected chi connectivity index (χ2v) is 7.20. The van der Waals surface area contributed by atoms with Gasteiger partial charge < -0.3 is 24.5 Å². The minimum Gasteiger partial charge on any atom is -0.488 e. The zero-order valence-corrected chi connectivity index (χ0v) is 20.0. The molecule has 29 heavy (non-hydrogen) atoms. The third-order valence-corrected chi connectivity index (χ3v) is 4.75. The summed E-state index contributed by atoms with van der Waals surface area (Å²) < 4.78 is 17.2. The summed E-state index contributed by atoms with van der Waals surface area (Å²) in [5.74, 6) is 3.53. The molecule has 1 aromatic carbocycles. The van der Waals surface area contributed by atoms with Crippen molar-refractivity contribution in [3.05, 3.63) is 52.5 Å². The van der Waals surface area contributed by atoms with Crippen LogP contribution in [0.1, 0.15) is 41.6 Å². The van der Waals surface area contributed by atoms with Gasteiger partial charge in [-0.15, -0.1) is 24.0 Å². The Morgan fingerprint density at radius 3 is 2.66 bits per heavy atom. The lowest BCUT2D eigenvalue weighted by Crippen LogP contribution is -2.37. The average molecular weight is 513 g/mol. The van der Waals surface area contributed by atoms with Gasteiger partial charge in [0.2, 0.25) is 0 Å². The predicted octanol–water partition coefficient (Wildman–Crippen LogP) is 4.25. The van der Waals surface area contributed by atoms with E-state index in [1.165, 1.54) is 5.56 Å². The molecule has 0 spiro atoms. The molecule has 7 heteroatoms. The number of benzene rings is 1. The number of furan rings is 1. The van der Waals surface area contributed by atoms with Crippen molar-refractivity contribution in [2.24, 2.45) is 4.99 Å². The van der Waals surface area contributed by atoms with Crippen molar-refractivity contribution in [2.45, 2.75) is 53.3 Å². The molecule has 2 N–H and O–H groups in total. The summed E-state index contributed by atoms with van der Waals surface area (Å²) in [6.07, 6.45) is 1.07. The molecule has 1 atom stereocenters. The van der Waals surface area contributed by atoms with Crippen molar-refractivity contribution >= 4 is 29.9 Å². The summed E-state index contributed by atoms with van der Waals surface area (Å²) in [7, 11) is 0. The van der Waals surface area contributed by atoms with Gasteiger partial charge in [-0.1, -0.05) is 12.1 Å². The number of aliphatic imine (C=N–C) groups is 1. The van der Waals surface area contributed by atoms with E-state index in [4.69, 9.17) is 18.9 Å². The van der Waals surface area contributed by atoms with Crippen molar-refractivity contribution in [3.63, 3.8) is 0 Å². The molecule has 1 aromatic heterocycles. The lowest BCUT2D eigenvalue weighted by atomic mass is 10.1. The van der Waals surface area contributed by atoms with Crippen molar-refractivity contribution in [1.82, 2.24) is 10.6 Å². The lowest BCUT2D eigenvalue weighted by molar-refractivity contribution is 0.140. The summed E-state index contributed by atoms with van der Waals surface area (Å²) in [6.45, 7) is 11.5. The van der Waals surface area contributed by atoms with E-state index >= 15 is 0 Å². The molecule has 0 saturated carbocycles. The van der Waals surface area contributed by atoms with E-state index in [1.54, 1.807) is 0 Å². The molecule has 1 unspecified atom stereocenters. The van der Waals surface area contributed by atoms with E-state index in [2.05, 4.69) is 42.7 Å². The first-order chi connectivity index (χ1) is 13.5. The molecule has 0 radical (unpaired) electrons. The fraction of sp³-hybridized carbons (Fsp3) is 0.500. The summed E-state index contributed by atoms with van der Waals surface area (Å²) >= 11 is 0. The minimum atomic E-state index is 0. The Hall–Kier alpha value is -1.74. The zero-order chi connectivity index (χ0) is 19.9. The smallest absolute Gasteiger partial charge is 0.191 e. The van der Waals surface area contributed by atoms with E-state index in [1.807, 2.05) is 19.9 Å². The Balaban J connectivity index is 0.00000300. The maximum absolute atomic E-state index is 6.19. The fourth-order valence-electron chi connectivity index (χ4n) is 3.23. The highest BCUT2D eigenvalue weighted by Gasteiger charge is 2.18. The number of nitrogens with one attached hydrogen (secondary N) is 2. The number of halogens is 1. The van der Waals surface area contributed by atoms with Crippen molar-refractivity contribution in [3.8, 4) is 5.75 Å². The number of hydrogen-bond acceptors (Lipinski definition) is 4. The lowest BCUT2D eigenvalue weighted by Gasteiger charge is -2.18. The Morgan fingerprint density at radius 2 is 2.00 bits per heavy atom. The van der Waals surface area contributed by atoms with Gasteiger partial charge in [-0.2, -0.15) is 0 Å². The van der Waals surface area contributed by atoms with Crippen LogP contribution < -0.4 is 15.4 Å². The second-order valence-electron chi connectivity index (χ2n) is 7.20. The molecule has 1 saturated heterocycles. The van der Waals surface area contributed by atoms with Gasteiger partial charge in [0.1, 0.15) is 23.4 Å². The first-order valence-corrected chi connectivity index (χ1v) is 9.97. The number of guanidine groups is 1. The van der Waals surface area contributed by atoms with Crippen LogP contribution in [-0.4, -0.2) is 31.8 Å². The standard InChI is InChI=1S/C22H31N3O3.HI/c1-5-23-22(25-13-19-11-16(3)27-17(19)4)24-12-18-7-6-15(2)10-21(18)28-20-8-9-26-14-20;/h6-7,10-11,20H,5,8-9,12-14H2,1-4H3,(H2,23,24,25);1H. The molecule has 0 bridgehead atoms. The molecule has 160 valence electrons. The largest absolute Gasteiger partial charge is 0.488 e. The highest BCUT2D eigenvalue weighted by Crippen LogP contribution is 2.24.